The van der Waals surface area contributed by atoms with E-state index >= 15 is 0 Å². The van der Waals surface area contributed by atoms with Crippen LogP contribution in [0.3, 0.4) is 0 Å². The topological polar surface area (TPSA) is 66.0 Å². The van der Waals surface area contributed by atoms with Crippen molar-refractivity contribution in [3.05, 3.63) is 60.2 Å². The summed E-state index contributed by atoms with van der Waals surface area (Å²) in [5.41, 5.74) is 2.27. The van der Waals surface area contributed by atoms with Crippen molar-refractivity contribution in [3.8, 4) is 17.1 Å². The largest absolute Gasteiger partial charge is 0.497 e. The average Bonchev–Trinajstić information content (AvgIpc) is 3.01. The van der Waals surface area contributed by atoms with Crippen LogP contribution in [0.2, 0.25) is 0 Å². The van der Waals surface area contributed by atoms with Crippen LogP contribution in [0.25, 0.3) is 11.4 Å². The van der Waals surface area contributed by atoms with Gasteiger partial charge in [-0.15, -0.1) is 10.2 Å². The second-order valence-corrected chi connectivity index (χ2v) is 7.26. The predicted molar refractivity (Wildman–Crippen MR) is 102 cm³/mol. The average molecular weight is 354 g/mol. The first-order valence-electron chi connectivity index (χ1n) is 8.23. The lowest BCUT2D eigenvalue weighted by molar-refractivity contribution is 0.415. The summed E-state index contributed by atoms with van der Waals surface area (Å²) in [5.74, 6) is 7.66. The van der Waals surface area contributed by atoms with Gasteiger partial charge in [0.2, 0.25) is 5.16 Å². The van der Waals surface area contributed by atoms with Gasteiger partial charge in [0.05, 0.1) is 7.11 Å². The molecule has 1 heterocycles. The van der Waals surface area contributed by atoms with E-state index in [0.717, 1.165) is 29.3 Å². The van der Waals surface area contributed by atoms with Gasteiger partial charge in [-0.25, -0.2) is 4.68 Å². The molecule has 0 fully saturated rings. The van der Waals surface area contributed by atoms with Crippen LogP contribution in [0, 0.1) is 0 Å². The van der Waals surface area contributed by atoms with Gasteiger partial charge in [0.1, 0.15) is 5.75 Å². The van der Waals surface area contributed by atoms with Gasteiger partial charge < -0.3 is 10.6 Å². The molecule has 0 bridgehead atoms. The summed E-state index contributed by atoms with van der Waals surface area (Å²) in [5, 5.41) is 9.62. The fourth-order valence-electron chi connectivity index (χ4n) is 2.55. The van der Waals surface area contributed by atoms with Crippen LogP contribution in [0.4, 0.5) is 0 Å². The van der Waals surface area contributed by atoms with Crippen LogP contribution in [0.5, 0.6) is 5.75 Å². The van der Waals surface area contributed by atoms with Crippen molar-refractivity contribution >= 4 is 11.8 Å². The molecule has 0 aliphatic rings. The number of nitrogen functional groups attached to an aromatic ring is 1. The van der Waals surface area contributed by atoms with Crippen LogP contribution < -0.4 is 10.6 Å². The van der Waals surface area contributed by atoms with Crippen LogP contribution in [-0.4, -0.2) is 27.2 Å². The monoisotopic (exact) mass is 354 g/mol. The summed E-state index contributed by atoms with van der Waals surface area (Å²) in [6, 6.07) is 18.1. The first-order valence-corrected chi connectivity index (χ1v) is 9.11. The highest BCUT2D eigenvalue weighted by molar-refractivity contribution is 7.99. The smallest absolute Gasteiger partial charge is 0.210 e. The van der Waals surface area contributed by atoms with E-state index in [-0.39, 0.29) is 0 Å². The lowest BCUT2D eigenvalue weighted by atomic mass is 10.1. The van der Waals surface area contributed by atoms with Gasteiger partial charge in [-0.1, -0.05) is 49.0 Å². The van der Waals surface area contributed by atoms with Gasteiger partial charge in [0.15, 0.2) is 5.82 Å². The molecule has 0 aliphatic heterocycles. The van der Waals surface area contributed by atoms with E-state index < -0.39 is 0 Å². The predicted octanol–water partition coefficient (Wildman–Crippen LogP) is 3.78. The molecule has 0 amide bonds. The molecule has 130 valence electrons. The Kier molecular flexibility index (Phi) is 5.60. The van der Waals surface area contributed by atoms with Crippen LogP contribution >= 0.6 is 11.8 Å². The molecule has 0 saturated carbocycles. The lowest BCUT2D eigenvalue weighted by Gasteiger charge is -2.10. The molecule has 2 aromatic carbocycles. The summed E-state index contributed by atoms with van der Waals surface area (Å²) in [6.45, 7) is 2.19. The number of nitrogens with zero attached hydrogens (tertiary/aromatic N) is 3. The van der Waals surface area contributed by atoms with Crippen LogP contribution in [0.1, 0.15) is 18.9 Å². The van der Waals surface area contributed by atoms with Crippen molar-refractivity contribution in [2.24, 2.45) is 0 Å². The number of nitrogens with two attached hydrogens (primary N) is 1. The molecule has 0 radical (unpaired) electrons. The number of methoxy groups -OCH3 is 1. The van der Waals surface area contributed by atoms with Gasteiger partial charge in [-0.3, -0.25) is 0 Å². The number of aromatic nitrogens is 3. The maximum absolute atomic E-state index is 6.20. The molecule has 1 aromatic heterocycles. The van der Waals surface area contributed by atoms with Gasteiger partial charge >= 0.3 is 0 Å². The van der Waals surface area contributed by atoms with Gasteiger partial charge in [0, 0.05) is 10.8 Å². The Morgan fingerprint density at radius 3 is 2.48 bits per heavy atom. The van der Waals surface area contributed by atoms with E-state index in [2.05, 4.69) is 41.4 Å². The molecular weight excluding hydrogens is 332 g/mol. The van der Waals surface area contributed by atoms with E-state index in [1.165, 1.54) is 5.56 Å². The molecule has 5 nitrogen and oxygen atoms in total. The lowest BCUT2D eigenvalue weighted by Crippen LogP contribution is -2.13. The number of hydrogen-bond donors (Lipinski definition) is 1. The summed E-state index contributed by atoms with van der Waals surface area (Å²) >= 11 is 1.65. The number of aryl methyl sites for hydroxylation is 1. The Bertz CT molecular complexity index is 802. The van der Waals surface area contributed by atoms with E-state index in [1.54, 1.807) is 23.5 Å². The first kappa shape index (κ1) is 17.4. The minimum absolute atomic E-state index is 0.399. The SMILES string of the molecule is COc1ccc(-c2nnc(SC(C)CCc3ccccc3)n2N)cc1. The highest BCUT2D eigenvalue weighted by Gasteiger charge is 2.15. The van der Waals surface area contributed by atoms with E-state index in [4.69, 9.17) is 10.6 Å². The Labute approximate surface area is 152 Å². The van der Waals surface area contributed by atoms with Gasteiger partial charge in [-0.05, 0) is 42.7 Å². The minimum atomic E-state index is 0.399. The number of rotatable bonds is 7. The summed E-state index contributed by atoms with van der Waals surface area (Å²) in [4.78, 5) is 0. The van der Waals surface area contributed by atoms with Crippen LogP contribution in [-0.2, 0) is 6.42 Å². The minimum Gasteiger partial charge on any atom is -0.497 e. The molecule has 3 rings (SSSR count). The number of ether oxygens (including phenoxy) is 1. The molecule has 6 heteroatoms. The molecule has 1 atom stereocenters. The van der Waals surface area contributed by atoms with Crippen molar-refractivity contribution < 1.29 is 4.74 Å². The van der Waals surface area contributed by atoms with Crippen molar-refractivity contribution in [3.63, 3.8) is 0 Å². The summed E-state index contributed by atoms with van der Waals surface area (Å²) < 4.78 is 6.74. The van der Waals surface area contributed by atoms with Crippen LogP contribution in [0.15, 0.2) is 59.8 Å². The standard InChI is InChI=1S/C19H22N4OS/c1-14(8-9-15-6-4-3-5-7-15)25-19-22-21-18(23(19)20)16-10-12-17(24-2)13-11-16/h3-7,10-14H,8-9,20H2,1-2H3. The second-order valence-electron chi connectivity index (χ2n) is 5.86. The zero-order chi connectivity index (χ0) is 17.6. The van der Waals surface area contributed by atoms with Gasteiger partial charge in [-0.2, -0.15) is 0 Å². The number of thioether (sulfide) groups is 1. The fraction of sp³-hybridized carbons (Fsp3) is 0.263. The highest BCUT2D eigenvalue weighted by Crippen LogP contribution is 2.27. The zero-order valence-corrected chi connectivity index (χ0v) is 15.2. The Balaban J connectivity index is 1.64. The van der Waals surface area contributed by atoms with Crippen molar-refractivity contribution in [2.75, 3.05) is 13.0 Å². The molecule has 1 unspecified atom stereocenters. The Hall–Kier alpha value is -2.47. The van der Waals surface area contributed by atoms with E-state index in [0.29, 0.717) is 11.1 Å². The third-order valence-electron chi connectivity index (χ3n) is 4.00. The first-order chi connectivity index (χ1) is 12.2. The zero-order valence-electron chi connectivity index (χ0n) is 14.4. The molecular formula is C19H22N4OS. The number of hydrogen-bond acceptors (Lipinski definition) is 5. The van der Waals surface area contributed by atoms with Crippen molar-refractivity contribution in [1.82, 2.24) is 14.9 Å². The molecule has 0 saturated heterocycles. The molecule has 0 spiro atoms. The van der Waals surface area contributed by atoms with E-state index in [1.807, 2.05) is 30.3 Å². The molecule has 2 N–H and O–H groups in total. The summed E-state index contributed by atoms with van der Waals surface area (Å²) in [7, 11) is 1.64. The third kappa shape index (κ3) is 4.33. The quantitative estimate of drug-likeness (QED) is 0.517. The van der Waals surface area contributed by atoms with E-state index in [9.17, 15) is 0 Å². The third-order valence-corrected chi connectivity index (χ3v) is 5.13. The highest BCUT2D eigenvalue weighted by atomic mass is 32.2. The maximum Gasteiger partial charge on any atom is 0.210 e. The number of benzene rings is 2. The van der Waals surface area contributed by atoms with Gasteiger partial charge in [0.25, 0.3) is 0 Å². The molecule has 25 heavy (non-hydrogen) atoms. The van der Waals surface area contributed by atoms with Crippen molar-refractivity contribution in [2.45, 2.75) is 30.2 Å². The normalized spacial score (nSPS) is 12.1. The molecule has 0 aliphatic carbocycles. The fourth-order valence-corrected chi connectivity index (χ4v) is 3.43. The maximum atomic E-state index is 6.20. The Morgan fingerprint density at radius 2 is 1.80 bits per heavy atom. The van der Waals surface area contributed by atoms with Crippen molar-refractivity contribution in [1.29, 1.82) is 0 Å². The molecule has 3 aromatic rings. The second kappa shape index (κ2) is 8.07. The Morgan fingerprint density at radius 1 is 1.08 bits per heavy atom. The summed E-state index contributed by atoms with van der Waals surface area (Å²) in [6.07, 6.45) is 2.10.